The number of nitrogens with zero attached hydrogens (tertiary/aromatic N) is 5. The van der Waals surface area contributed by atoms with E-state index in [0.717, 1.165) is 63.9 Å². The van der Waals surface area contributed by atoms with Crippen LogP contribution in [0.3, 0.4) is 0 Å². The van der Waals surface area contributed by atoms with Crippen LogP contribution in [0.15, 0.2) is 46.1 Å². The van der Waals surface area contributed by atoms with E-state index in [1.165, 1.54) is 11.1 Å². The number of amides is 1. The summed E-state index contributed by atoms with van der Waals surface area (Å²) in [6, 6.07) is 10.4. The van der Waals surface area contributed by atoms with Crippen LogP contribution in [0.4, 0.5) is 0 Å². The fourth-order valence-electron chi connectivity index (χ4n) is 4.03. The van der Waals surface area contributed by atoms with E-state index in [0.29, 0.717) is 13.0 Å². The maximum atomic E-state index is 11.8. The number of carbonyl (C=O) groups excluding carboxylic acids is 1. The van der Waals surface area contributed by atoms with Crippen LogP contribution in [0.1, 0.15) is 29.7 Å². The predicted octanol–water partition coefficient (Wildman–Crippen LogP) is 1.69. The third kappa shape index (κ3) is 5.18. The number of carbonyl (C=O) groups is 1. The summed E-state index contributed by atoms with van der Waals surface area (Å²) in [7, 11) is 1.83. The van der Waals surface area contributed by atoms with E-state index >= 15 is 0 Å². The molecule has 1 N–H and O–H groups in total. The lowest BCUT2D eigenvalue weighted by Gasteiger charge is -2.36. The first-order chi connectivity index (χ1) is 14.7. The number of guanidine groups is 1. The molecule has 8 heteroatoms. The fraction of sp³-hybridized carbons (Fsp3) is 0.500. The first-order valence-electron chi connectivity index (χ1n) is 10.6. The van der Waals surface area contributed by atoms with Crippen LogP contribution in [0.5, 0.6) is 0 Å². The van der Waals surface area contributed by atoms with E-state index in [4.69, 9.17) is 4.52 Å². The summed E-state index contributed by atoms with van der Waals surface area (Å²) in [5.41, 5.74) is 3.36. The Morgan fingerprint density at radius 3 is 2.47 bits per heavy atom. The molecule has 2 aliphatic heterocycles. The topological polar surface area (TPSA) is 77.2 Å². The highest BCUT2D eigenvalue weighted by Crippen LogP contribution is 2.15. The van der Waals surface area contributed by atoms with E-state index in [9.17, 15) is 4.79 Å². The molecule has 2 saturated heterocycles. The minimum atomic E-state index is 0.269. The number of rotatable bonds is 6. The van der Waals surface area contributed by atoms with Gasteiger partial charge in [-0.3, -0.25) is 14.7 Å². The summed E-state index contributed by atoms with van der Waals surface area (Å²) in [5, 5.41) is 7.48. The monoisotopic (exact) mass is 410 g/mol. The summed E-state index contributed by atoms with van der Waals surface area (Å²) in [6.07, 6.45) is 3.29. The van der Waals surface area contributed by atoms with E-state index in [1.807, 2.05) is 18.0 Å². The van der Waals surface area contributed by atoms with Gasteiger partial charge in [-0.25, -0.2) is 0 Å². The molecular formula is C22H30N6O2. The van der Waals surface area contributed by atoms with Crippen molar-refractivity contribution >= 4 is 11.9 Å². The molecular weight excluding hydrogens is 380 g/mol. The molecule has 4 rings (SSSR count). The lowest BCUT2D eigenvalue weighted by Crippen LogP contribution is -2.52. The van der Waals surface area contributed by atoms with Gasteiger partial charge in [0.25, 0.3) is 0 Å². The molecule has 2 fully saturated rings. The van der Waals surface area contributed by atoms with Gasteiger partial charge >= 0.3 is 0 Å². The van der Waals surface area contributed by atoms with Crippen molar-refractivity contribution in [1.29, 1.82) is 0 Å². The van der Waals surface area contributed by atoms with Gasteiger partial charge in [-0.15, -0.1) is 0 Å². The third-order valence-corrected chi connectivity index (χ3v) is 5.78. The zero-order valence-corrected chi connectivity index (χ0v) is 17.6. The highest BCUT2D eigenvalue weighted by atomic mass is 16.5. The number of nitrogens with one attached hydrogen (secondary N) is 1. The standard InChI is InChI=1S/C22H30N6O2/c1-23-22(27-12-10-26(11-13-27)17-20-8-14-30-25-20)24-15-18-4-6-19(7-5-18)16-28-9-2-3-21(28)29/h4-8,14H,2-3,9-13,15-17H2,1H3,(H,23,24). The van der Waals surface area contributed by atoms with E-state index in [-0.39, 0.29) is 5.91 Å². The Kier molecular flexibility index (Phi) is 6.63. The van der Waals surface area contributed by atoms with E-state index in [1.54, 1.807) is 6.26 Å². The molecule has 1 aromatic heterocycles. The summed E-state index contributed by atoms with van der Waals surface area (Å²) in [6.45, 7) is 6.95. The van der Waals surface area contributed by atoms with Crippen molar-refractivity contribution in [3.05, 3.63) is 53.4 Å². The molecule has 0 saturated carbocycles. The van der Waals surface area contributed by atoms with Crippen LogP contribution < -0.4 is 5.32 Å². The Morgan fingerprint density at radius 2 is 1.83 bits per heavy atom. The largest absolute Gasteiger partial charge is 0.364 e. The molecule has 2 aliphatic rings. The molecule has 1 aromatic carbocycles. The highest BCUT2D eigenvalue weighted by molar-refractivity contribution is 5.80. The van der Waals surface area contributed by atoms with Gasteiger partial charge in [-0.1, -0.05) is 29.4 Å². The average Bonchev–Trinajstić information content (AvgIpc) is 3.43. The van der Waals surface area contributed by atoms with Gasteiger partial charge in [0.15, 0.2) is 5.96 Å². The first kappa shape index (κ1) is 20.4. The Hall–Kier alpha value is -2.87. The molecule has 1 amide bonds. The fourth-order valence-corrected chi connectivity index (χ4v) is 4.03. The van der Waals surface area contributed by atoms with Crippen LogP contribution in [0, 0.1) is 0 Å². The SMILES string of the molecule is CN=C(NCc1ccc(CN2CCCC2=O)cc1)N1CCN(Cc2ccon2)CC1. The zero-order chi connectivity index (χ0) is 20.8. The number of aromatic nitrogens is 1. The van der Waals surface area contributed by atoms with Gasteiger partial charge in [0, 0.05) is 71.9 Å². The van der Waals surface area contributed by atoms with Gasteiger partial charge in [0.1, 0.15) is 6.26 Å². The van der Waals surface area contributed by atoms with Crippen molar-refractivity contribution in [2.75, 3.05) is 39.8 Å². The number of benzene rings is 1. The molecule has 8 nitrogen and oxygen atoms in total. The Morgan fingerprint density at radius 1 is 1.07 bits per heavy atom. The maximum absolute atomic E-state index is 11.8. The molecule has 0 radical (unpaired) electrons. The van der Waals surface area contributed by atoms with Gasteiger partial charge < -0.3 is 19.6 Å². The molecule has 0 atom stereocenters. The summed E-state index contributed by atoms with van der Waals surface area (Å²) in [5.74, 6) is 1.20. The zero-order valence-electron chi connectivity index (χ0n) is 17.6. The van der Waals surface area contributed by atoms with Crippen molar-refractivity contribution < 1.29 is 9.32 Å². The van der Waals surface area contributed by atoms with Gasteiger partial charge in [0.05, 0.1) is 5.69 Å². The molecule has 0 spiro atoms. The average molecular weight is 411 g/mol. The Labute approximate surface area is 177 Å². The summed E-state index contributed by atoms with van der Waals surface area (Å²) >= 11 is 0. The molecule has 30 heavy (non-hydrogen) atoms. The molecule has 2 aromatic rings. The second-order valence-corrected chi connectivity index (χ2v) is 7.89. The Balaban J connectivity index is 1.23. The second-order valence-electron chi connectivity index (χ2n) is 7.89. The third-order valence-electron chi connectivity index (χ3n) is 5.78. The number of hydrogen-bond donors (Lipinski definition) is 1. The normalized spacial score (nSPS) is 18.3. The molecule has 0 unspecified atom stereocenters. The molecule has 0 aliphatic carbocycles. The minimum Gasteiger partial charge on any atom is -0.364 e. The summed E-state index contributed by atoms with van der Waals surface area (Å²) < 4.78 is 4.92. The van der Waals surface area contributed by atoms with Crippen molar-refractivity contribution in [3.63, 3.8) is 0 Å². The first-order valence-corrected chi connectivity index (χ1v) is 10.6. The van der Waals surface area contributed by atoms with E-state index in [2.05, 4.69) is 49.5 Å². The van der Waals surface area contributed by atoms with Crippen molar-refractivity contribution in [2.24, 2.45) is 4.99 Å². The van der Waals surface area contributed by atoms with Crippen LogP contribution in [0.2, 0.25) is 0 Å². The maximum Gasteiger partial charge on any atom is 0.222 e. The molecule has 160 valence electrons. The smallest absolute Gasteiger partial charge is 0.222 e. The van der Waals surface area contributed by atoms with Crippen molar-refractivity contribution in [1.82, 2.24) is 25.2 Å². The van der Waals surface area contributed by atoms with Gasteiger partial charge in [-0.2, -0.15) is 0 Å². The van der Waals surface area contributed by atoms with Crippen LogP contribution >= 0.6 is 0 Å². The van der Waals surface area contributed by atoms with Crippen LogP contribution in [-0.4, -0.2) is 71.5 Å². The summed E-state index contributed by atoms with van der Waals surface area (Å²) in [4.78, 5) is 22.9. The van der Waals surface area contributed by atoms with Gasteiger partial charge in [-0.05, 0) is 17.5 Å². The molecule has 0 bridgehead atoms. The van der Waals surface area contributed by atoms with Crippen LogP contribution in [0.25, 0.3) is 0 Å². The number of hydrogen-bond acceptors (Lipinski definition) is 5. The minimum absolute atomic E-state index is 0.269. The quantitative estimate of drug-likeness (QED) is 0.577. The Bertz CT molecular complexity index is 841. The second kappa shape index (κ2) is 9.75. The molecule has 3 heterocycles. The lowest BCUT2D eigenvalue weighted by atomic mass is 10.1. The van der Waals surface area contributed by atoms with E-state index < -0.39 is 0 Å². The number of likely N-dealkylation sites (tertiary alicyclic amines) is 1. The van der Waals surface area contributed by atoms with Crippen LogP contribution in [-0.2, 0) is 24.4 Å². The van der Waals surface area contributed by atoms with Crippen molar-refractivity contribution in [3.8, 4) is 0 Å². The van der Waals surface area contributed by atoms with Crippen molar-refractivity contribution in [2.45, 2.75) is 32.5 Å². The van der Waals surface area contributed by atoms with Gasteiger partial charge in [0.2, 0.25) is 5.91 Å². The number of piperazine rings is 1. The number of aliphatic imine (C=N–C) groups is 1. The lowest BCUT2D eigenvalue weighted by molar-refractivity contribution is -0.128. The predicted molar refractivity (Wildman–Crippen MR) is 115 cm³/mol. The highest BCUT2D eigenvalue weighted by Gasteiger charge is 2.21.